The molecule has 0 aliphatic carbocycles. The largest absolute Gasteiger partial charge is 0.341 e. The second-order valence-corrected chi connectivity index (χ2v) is 8.46. The van der Waals surface area contributed by atoms with Gasteiger partial charge in [-0.05, 0) is 24.5 Å². The first-order valence-corrected chi connectivity index (χ1v) is 10.4. The Morgan fingerprint density at radius 2 is 1.87 bits per heavy atom. The number of thioether (sulfide) groups is 1. The van der Waals surface area contributed by atoms with Crippen LogP contribution in [0.5, 0.6) is 0 Å². The maximum Gasteiger partial charge on any atom is 0.241 e. The van der Waals surface area contributed by atoms with Crippen molar-refractivity contribution in [3.8, 4) is 0 Å². The molecule has 3 rings (SSSR count). The number of sulfonamides is 1. The number of benzene rings is 1. The summed E-state index contributed by atoms with van der Waals surface area (Å²) in [5.41, 5.74) is 0.824. The first-order chi connectivity index (χ1) is 11.1. The zero-order valence-corrected chi connectivity index (χ0v) is 14.4. The van der Waals surface area contributed by atoms with E-state index in [0.29, 0.717) is 11.6 Å². The molecule has 1 amide bonds. The van der Waals surface area contributed by atoms with Crippen LogP contribution in [0.4, 0.5) is 0 Å². The fourth-order valence-electron chi connectivity index (χ4n) is 2.83. The van der Waals surface area contributed by atoms with Gasteiger partial charge in [0.2, 0.25) is 15.9 Å². The summed E-state index contributed by atoms with van der Waals surface area (Å²) >= 11 is 1.49. The Morgan fingerprint density at radius 1 is 1.17 bits per heavy atom. The van der Waals surface area contributed by atoms with E-state index >= 15 is 0 Å². The van der Waals surface area contributed by atoms with Crippen LogP contribution < -0.4 is 0 Å². The predicted molar refractivity (Wildman–Crippen MR) is 93.2 cm³/mol. The van der Waals surface area contributed by atoms with E-state index in [1.807, 2.05) is 30.3 Å². The molecule has 2 saturated heterocycles. The van der Waals surface area contributed by atoms with Crippen LogP contribution in [-0.2, 0) is 14.8 Å². The van der Waals surface area contributed by atoms with Crippen molar-refractivity contribution in [1.82, 2.24) is 9.21 Å². The summed E-state index contributed by atoms with van der Waals surface area (Å²) in [7, 11) is -3.60. The van der Waals surface area contributed by atoms with Crippen LogP contribution in [0.1, 0.15) is 18.4 Å². The van der Waals surface area contributed by atoms with E-state index in [4.69, 9.17) is 0 Å². The quantitative estimate of drug-likeness (QED) is 0.831. The first kappa shape index (κ1) is 16.5. The first-order valence-electron chi connectivity index (χ1n) is 7.69. The van der Waals surface area contributed by atoms with Crippen molar-refractivity contribution in [2.45, 2.75) is 18.9 Å². The molecule has 7 heteroatoms. The van der Waals surface area contributed by atoms with Gasteiger partial charge in [-0.25, -0.2) is 8.42 Å². The van der Waals surface area contributed by atoms with Gasteiger partial charge in [0.15, 0.2) is 0 Å². The predicted octanol–water partition coefficient (Wildman–Crippen LogP) is 1.98. The Hall–Kier alpha value is -1.31. The van der Waals surface area contributed by atoms with Gasteiger partial charge in [0.05, 0.1) is 5.88 Å². The third kappa shape index (κ3) is 3.79. The second kappa shape index (κ2) is 7.07. The molecule has 1 atom stereocenters. The number of carbonyl (C=O) groups excluding carboxylic acids is 1. The van der Waals surface area contributed by atoms with Gasteiger partial charge in [-0.3, -0.25) is 4.79 Å². The molecule has 0 saturated carbocycles. The lowest BCUT2D eigenvalue weighted by Crippen LogP contribution is -2.47. The van der Waals surface area contributed by atoms with E-state index in [1.54, 1.807) is 11.0 Å². The summed E-state index contributed by atoms with van der Waals surface area (Å²) < 4.78 is 26.5. The van der Waals surface area contributed by atoms with Crippen molar-refractivity contribution in [2.75, 3.05) is 24.7 Å². The minimum absolute atomic E-state index is 0.0517. The monoisotopic (exact) mass is 352 g/mol. The van der Waals surface area contributed by atoms with Gasteiger partial charge in [0, 0.05) is 24.3 Å². The summed E-state index contributed by atoms with van der Waals surface area (Å²) in [5.74, 6) is 0.823. The number of hydrogen-bond acceptors (Lipinski definition) is 4. The Labute approximate surface area is 141 Å². The zero-order chi connectivity index (χ0) is 16.3. The summed E-state index contributed by atoms with van der Waals surface area (Å²) in [6.45, 7) is 1.49. The molecule has 23 heavy (non-hydrogen) atoms. The van der Waals surface area contributed by atoms with E-state index in [9.17, 15) is 13.2 Å². The molecular weight excluding hydrogens is 332 g/mol. The van der Waals surface area contributed by atoms with Gasteiger partial charge < -0.3 is 4.90 Å². The van der Waals surface area contributed by atoms with Crippen LogP contribution in [0.2, 0.25) is 0 Å². The highest BCUT2D eigenvalue weighted by atomic mass is 32.2. The maximum absolute atomic E-state index is 12.6. The maximum atomic E-state index is 12.6. The van der Waals surface area contributed by atoms with Crippen LogP contribution in [-0.4, -0.2) is 54.3 Å². The van der Waals surface area contributed by atoms with E-state index in [2.05, 4.69) is 0 Å². The van der Waals surface area contributed by atoms with E-state index in [1.165, 1.54) is 21.5 Å². The lowest BCUT2D eigenvalue weighted by Gasteiger charge is -2.25. The van der Waals surface area contributed by atoms with Crippen molar-refractivity contribution in [3.63, 3.8) is 0 Å². The van der Waals surface area contributed by atoms with E-state index < -0.39 is 16.1 Å². The lowest BCUT2D eigenvalue weighted by atomic mass is 10.2. The normalized spacial score (nSPS) is 23.0. The van der Waals surface area contributed by atoms with Gasteiger partial charge >= 0.3 is 0 Å². The molecule has 0 radical (unpaired) electrons. The molecule has 0 aromatic heterocycles. The SMILES string of the molecule is O=C([C@H]1CSCN1S(=O)(=O)/C=C\c1ccccc1)N1CCCC1. The smallest absolute Gasteiger partial charge is 0.241 e. The van der Waals surface area contributed by atoms with Crippen LogP contribution in [0, 0.1) is 0 Å². The van der Waals surface area contributed by atoms with E-state index in [-0.39, 0.29) is 5.91 Å². The fraction of sp³-hybridized carbons (Fsp3) is 0.438. The molecule has 1 aromatic carbocycles. The van der Waals surface area contributed by atoms with Crippen LogP contribution in [0.15, 0.2) is 35.7 Å². The van der Waals surface area contributed by atoms with Crippen molar-refractivity contribution in [1.29, 1.82) is 0 Å². The number of carbonyl (C=O) groups is 1. The van der Waals surface area contributed by atoms with Crippen LogP contribution >= 0.6 is 11.8 Å². The average Bonchev–Trinajstić information content (AvgIpc) is 3.25. The third-order valence-electron chi connectivity index (χ3n) is 4.10. The molecule has 2 aliphatic rings. The Bertz CT molecular complexity index is 683. The molecule has 0 unspecified atom stereocenters. The Kier molecular flexibility index (Phi) is 5.08. The molecule has 1 aromatic rings. The van der Waals surface area contributed by atoms with Crippen LogP contribution in [0.3, 0.4) is 0 Å². The number of rotatable bonds is 4. The average molecular weight is 352 g/mol. The lowest BCUT2D eigenvalue weighted by molar-refractivity contribution is -0.133. The van der Waals surface area contributed by atoms with Gasteiger partial charge in [-0.1, -0.05) is 30.3 Å². The molecule has 2 aliphatic heterocycles. The molecule has 2 heterocycles. The van der Waals surface area contributed by atoms with Crippen LogP contribution in [0.25, 0.3) is 6.08 Å². The summed E-state index contributed by atoms with van der Waals surface area (Å²) in [6, 6.07) is 8.72. The highest BCUT2D eigenvalue weighted by Gasteiger charge is 2.40. The third-order valence-corrected chi connectivity index (χ3v) is 6.80. The topological polar surface area (TPSA) is 57.7 Å². The molecule has 0 spiro atoms. The van der Waals surface area contributed by atoms with Gasteiger partial charge in [-0.2, -0.15) is 4.31 Å². The summed E-state index contributed by atoms with van der Waals surface area (Å²) in [5, 5.41) is 1.21. The van der Waals surface area contributed by atoms with Crippen molar-refractivity contribution >= 4 is 33.8 Å². The standard InChI is InChI=1S/C16H20N2O3S2/c19-16(17-9-4-5-10-17)15-12-22-13-18(15)23(20,21)11-8-14-6-2-1-3-7-14/h1-3,6-8,11,15H,4-5,9-10,12-13H2/b11-8-/t15-/m1/s1. The summed E-state index contributed by atoms with van der Waals surface area (Å²) in [4.78, 5) is 14.4. The van der Waals surface area contributed by atoms with Gasteiger partial charge in [-0.15, -0.1) is 11.8 Å². The number of amides is 1. The minimum atomic E-state index is -3.60. The summed E-state index contributed by atoms with van der Waals surface area (Å²) in [6.07, 6.45) is 3.59. The van der Waals surface area contributed by atoms with Crippen molar-refractivity contribution in [3.05, 3.63) is 41.3 Å². The highest BCUT2D eigenvalue weighted by Crippen LogP contribution is 2.27. The fourth-order valence-corrected chi connectivity index (χ4v) is 5.75. The molecule has 2 fully saturated rings. The molecule has 0 bridgehead atoms. The van der Waals surface area contributed by atoms with Gasteiger partial charge in [0.25, 0.3) is 0 Å². The molecule has 124 valence electrons. The number of hydrogen-bond donors (Lipinski definition) is 0. The van der Waals surface area contributed by atoms with Gasteiger partial charge in [0.1, 0.15) is 6.04 Å². The Balaban J connectivity index is 1.75. The Morgan fingerprint density at radius 3 is 2.57 bits per heavy atom. The highest BCUT2D eigenvalue weighted by molar-refractivity contribution is 8.01. The molecule has 5 nitrogen and oxygen atoms in total. The van der Waals surface area contributed by atoms with E-state index in [0.717, 1.165) is 31.5 Å². The molecular formula is C16H20N2O3S2. The zero-order valence-electron chi connectivity index (χ0n) is 12.8. The van der Waals surface area contributed by atoms with Crippen molar-refractivity contribution in [2.24, 2.45) is 0 Å². The second-order valence-electron chi connectivity index (χ2n) is 5.69. The molecule has 0 N–H and O–H groups in total. The number of likely N-dealkylation sites (tertiary alicyclic amines) is 1. The van der Waals surface area contributed by atoms with Crippen molar-refractivity contribution < 1.29 is 13.2 Å². The number of nitrogens with zero attached hydrogens (tertiary/aromatic N) is 2. The minimum Gasteiger partial charge on any atom is -0.341 e.